The van der Waals surface area contributed by atoms with Crippen LogP contribution >= 0.6 is 0 Å². The second kappa shape index (κ2) is 8.85. The standard InChI is InChI=1S/C37H22N4O/c1-2-12-24(13-3-1)35-38-36(40-37(39-35)41-30-19-8-6-15-26(30)27-16-7-9-20-31(27)41)29-18-10-17-28-33-25-14-5-4-11-23(25)21-22-32(33)42-34(28)29/h1-22H. The normalized spacial score (nSPS) is 11.8. The maximum atomic E-state index is 6.56. The lowest BCUT2D eigenvalue weighted by atomic mass is 10.0. The van der Waals surface area contributed by atoms with Crippen molar-refractivity contribution in [3.8, 4) is 28.7 Å². The van der Waals surface area contributed by atoms with E-state index in [9.17, 15) is 0 Å². The third kappa shape index (κ3) is 3.34. The molecule has 42 heavy (non-hydrogen) atoms. The third-order valence-corrected chi connectivity index (χ3v) is 8.06. The van der Waals surface area contributed by atoms with Gasteiger partial charge in [-0.25, -0.2) is 4.98 Å². The summed E-state index contributed by atoms with van der Waals surface area (Å²) in [6.45, 7) is 0. The molecule has 0 amide bonds. The minimum absolute atomic E-state index is 0.565. The molecule has 0 fully saturated rings. The van der Waals surface area contributed by atoms with Crippen LogP contribution in [0.15, 0.2) is 138 Å². The summed E-state index contributed by atoms with van der Waals surface area (Å²) in [6, 6.07) is 45.6. The van der Waals surface area contributed by atoms with Crippen molar-refractivity contribution in [3.05, 3.63) is 133 Å². The van der Waals surface area contributed by atoms with E-state index in [-0.39, 0.29) is 0 Å². The van der Waals surface area contributed by atoms with Gasteiger partial charge in [0.05, 0.1) is 16.6 Å². The summed E-state index contributed by atoms with van der Waals surface area (Å²) < 4.78 is 8.69. The Bertz CT molecular complexity index is 2420. The molecule has 5 heteroatoms. The van der Waals surface area contributed by atoms with E-state index in [0.717, 1.165) is 60.3 Å². The Kier molecular flexibility index (Phi) is 4.83. The molecule has 0 spiro atoms. The maximum Gasteiger partial charge on any atom is 0.238 e. The van der Waals surface area contributed by atoms with Gasteiger partial charge in [-0.2, -0.15) is 9.97 Å². The number of fused-ring (bicyclic) bond motifs is 8. The average molecular weight is 539 g/mol. The van der Waals surface area contributed by atoms with E-state index >= 15 is 0 Å². The fraction of sp³-hybridized carbons (Fsp3) is 0. The van der Waals surface area contributed by atoms with Crippen molar-refractivity contribution in [2.24, 2.45) is 0 Å². The van der Waals surface area contributed by atoms with Crippen LogP contribution in [0.2, 0.25) is 0 Å². The minimum atomic E-state index is 0.565. The average Bonchev–Trinajstić information content (AvgIpc) is 3.61. The third-order valence-electron chi connectivity index (χ3n) is 8.06. The van der Waals surface area contributed by atoms with Crippen molar-refractivity contribution >= 4 is 54.5 Å². The van der Waals surface area contributed by atoms with Crippen molar-refractivity contribution < 1.29 is 4.42 Å². The molecule has 0 unspecified atom stereocenters. The van der Waals surface area contributed by atoms with Crippen molar-refractivity contribution in [1.29, 1.82) is 0 Å². The first-order chi connectivity index (χ1) is 20.8. The van der Waals surface area contributed by atoms with Crippen LogP contribution in [0.25, 0.3) is 83.2 Å². The summed E-state index contributed by atoms with van der Waals surface area (Å²) in [5.74, 6) is 1.74. The van der Waals surface area contributed by atoms with E-state index in [4.69, 9.17) is 19.4 Å². The highest BCUT2D eigenvalue weighted by Gasteiger charge is 2.20. The monoisotopic (exact) mass is 538 g/mol. The minimum Gasteiger partial charge on any atom is -0.455 e. The van der Waals surface area contributed by atoms with Crippen molar-refractivity contribution in [2.75, 3.05) is 0 Å². The van der Waals surface area contributed by atoms with Gasteiger partial charge in [0.1, 0.15) is 11.2 Å². The van der Waals surface area contributed by atoms with E-state index in [1.165, 1.54) is 5.39 Å². The molecule has 0 bridgehead atoms. The Hall–Kier alpha value is -5.81. The summed E-state index contributed by atoms with van der Waals surface area (Å²) in [4.78, 5) is 15.2. The zero-order chi connectivity index (χ0) is 27.6. The van der Waals surface area contributed by atoms with Gasteiger partial charge in [-0.1, -0.05) is 109 Å². The number of hydrogen-bond donors (Lipinski definition) is 0. The summed E-state index contributed by atoms with van der Waals surface area (Å²) in [6.07, 6.45) is 0. The first kappa shape index (κ1) is 22.9. The highest BCUT2D eigenvalue weighted by molar-refractivity contribution is 6.20. The molecule has 0 radical (unpaired) electrons. The molecule has 6 aromatic carbocycles. The molecule has 0 N–H and O–H groups in total. The number of nitrogens with zero attached hydrogens (tertiary/aromatic N) is 4. The Labute approximate surface area is 240 Å². The van der Waals surface area contributed by atoms with Crippen LogP contribution < -0.4 is 0 Å². The van der Waals surface area contributed by atoms with E-state index in [1.54, 1.807) is 0 Å². The van der Waals surface area contributed by atoms with E-state index in [2.05, 4.69) is 95.6 Å². The van der Waals surface area contributed by atoms with Crippen LogP contribution in [0.1, 0.15) is 0 Å². The van der Waals surface area contributed by atoms with Crippen LogP contribution in [-0.4, -0.2) is 19.5 Å². The van der Waals surface area contributed by atoms with Gasteiger partial charge in [0.2, 0.25) is 5.95 Å². The quantitative estimate of drug-likeness (QED) is 0.225. The summed E-state index contributed by atoms with van der Waals surface area (Å²) in [5, 5.41) is 6.80. The summed E-state index contributed by atoms with van der Waals surface area (Å²) in [7, 11) is 0. The SMILES string of the molecule is c1ccc(-c2nc(-c3cccc4c3oc3ccc5ccccc5c34)nc(-n3c4ccccc4c4ccccc43)n2)cc1. The molecular weight excluding hydrogens is 516 g/mol. The number of benzene rings is 6. The van der Waals surface area contributed by atoms with Gasteiger partial charge in [0, 0.05) is 27.1 Å². The maximum absolute atomic E-state index is 6.56. The molecule has 5 nitrogen and oxygen atoms in total. The molecule has 196 valence electrons. The van der Waals surface area contributed by atoms with Crippen molar-refractivity contribution in [1.82, 2.24) is 19.5 Å². The van der Waals surface area contributed by atoms with Crippen LogP contribution in [-0.2, 0) is 0 Å². The van der Waals surface area contributed by atoms with Crippen LogP contribution in [0, 0.1) is 0 Å². The van der Waals surface area contributed by atoms with E-state index in [0.29, 0.717) is 17.6 Å². The Morgan fingerprint density at radius 3 is 1.90 bits per heavy atom. The number of para-hydroxylation sites is 3. The zero-order valence-electron chi connectivity index (χ0n) is 22.4. The number of rotatable bonds is 3. The van der Waals surface area contributed by atoms with Crippen LogP contribution in [0.3, 0.4) is 0 Å². The molecule has 0 atom stereocenters. The van der Waals surface area contributed by atoms with Gasteiger partial charge >= 0.3 is 0 Å². The summed E-state index contributed by atoms with van der Waals surface area (Å²) >= 11 is 0. The van der Waals surface area contributed by atoms with Gasteiger partial charge in [-0.3, -0.25) is 4.57 Å². The highest BCUT2D eigenvalue weighted by Crippen LogP contribution is 2.39. The Balaban J connectivity index is 1.37. The molecule has 0 aliphatic carbocycles. The van der Waals surface area contributed by atoms with Gasteiger partial charge < -0.3 is 4.42 Å². The predicted octanol–water partition coefficient (Wildman–Crippen LogP) is 9.36. The Morgan fingerprint density at radius 1 is 0.476 bits per heavy atom. The number of hydrogen-bond acceptors (Lipinski definition) is 4. The smallest absolute Gasteiger partial charge is 0.238 e. The Morgan fingerprint density at radius 2 is 1.12 bits per heavy atom. The number of furan rings is 1. The molecule has 9 rings (SSSR count). The molecule has 9 aromatic rings. The zero-order valence-corrected chi connectivity index (χ0v) is 22.4. The lowest BCUT2D eigenvalue weighted by molar-refractivity contribution is 0.669. The second-order valence-corrected chi connectivity index (χ2v) is 10.5. The molecule has 0 aliphatic heterocycles. The lowest BCUT2D eigenvalue weighted by Gasteiger charge is -2.11. The molecule has 3 aromatic heterocycles. The molecular formula is C37H22N4O. The van der Waals surface area contributed by atoms with Gasteiger partial charge in [-0.05, 0) is 35.0 Å². The first-order valence-corrected chi connectivity index (χ1v) is 14.0. The molecule has 0 saturated heterocycles. The molecule has 0 saturated carbocycles. The second-order valence-electron chi connectivity index (χ2n) is 10.5. The molecule has 3 heterocycles. The fourth-order valence-electron chi connectivity index (χ4n) is 6.18. The first-order valence-electron chi connectivity index (χ1n) is 14.0. The predicted molar refractivity (Wildman–Crippen MR) is 170 cm³/mol. The van der Waals surface area contributed by atoms with Crippen molar-refractivity contribution in [3.63, 3.8) is 0 Å². The summed E-state index contributed by atoms with van der Waals surface area (Å²) in [5.41, 5.74) is 5.45. The van der Waals surface area contributed by atoms with E-state index in [1.807, 2.05) is 42.5 Å². The topological polar surface area (TPSA) is 56.7 Å². The molecule has 0 aliphatic rings. The van der Waals surface area contributed by atoms with Gasteiger partial charge in [0.15, 0.2) is 11.6 Å². The van der Waals surface area contributed by atoms with Crippen molar-refractivity contribution in [2.45, 2.75) is 0 Å². The number of aromatic nitrogens is 4. The van der Waals surface area contributed by atoms with Gasteiger partial charge in [-0.15, -0.1) is 0 Å². The lowest BCUT2D eigenvalue weighted by Crippen LogP contribution is -2.06. The van der Waals surface area contributed by atoms with E-state index < -0.39 is 0 Å². The van der Waals surface area contributed by atoms with Crippen LogP contribution in [0.5, 0.6) is 0 Å². The van der Waals surface area contributed by atoms with Gasteiger partial charge in [0.25, 0.3) is 0 Å². The fourth-order valence-corrected chi connectivity index (χ4v) is 6.18. The van der Waals surface area contributed by atoms with Crippen LogP contribution in [0.4, 0.5) is 0 Å². The largest absolute Gasteiger partial charge is 0.455 e. The highest BCUT2D eigenvalue weighted by atomic mass is 16.3.